The third-order valence-corrected chi connectivity index (χ3v) is 8.16. The van der Waals surface area contributed by atoms with E-state index in [4.69, 9.17) is 9.72 Å². The lowest BCUT2D eigenvalue weighted by molar-refractivity contribution is -0.117. The number of rotatable bonds is 7. The second-order valence-electron chi connectivity index (χ2n) is 9.47. The SMILES string of the molecule is Cc1c(C#N)c(NC(=O)CN2CCN(Cc3nc4ccccc4s3)CC2)n(C[C@H]2CCCO2)c1C. The molecule has 3 aromatic rings. The highest BCUT2D eigenvalue weighted by Gasteiger charge is 2.25. The van der Waals surface area contributed by atoms with E-state index in [1.165, 1.54) is 4.70 Å². The average Bonchev–Trinajstić information content (AvgIpc) is 3.56. The van der Waals surface area contributed by atoms with Gasteiger partial charge in [-0.2, -0.15) is 5.26 Å². The molecule has 2 fully saturated rings. The van der Waals surface area contributed by atoms with Gasteiger partial charge in [-0.1, -0.05) is 12.1 Å². The van der Waals surface area contributed by atoms with Crippen molar-refractivity contribution in [3.8, 4) is 6.07 Å². The number of piperazine rings is 1. The number of carbonyl (C=O) groups is 1. The van der Waals surface area contributed by atoms with Crippen LogP contribution in [0, 0.1) is 25.2 Å². The number of benzene rings is 1. The van der Waals surface area contributed by atoms with Crippen molar-refractivity contribution in [2.24, 2.45) is 0 Å². The first-order chi connectivity index (χ1) is 17.0. The van der Waals surface area contributed by atoms with Crippen molar-refractivity contribution in [2.75, 3.05) is 44.6 Å². The normalized spacial score (nSPS) is 19.3. The van der Waals surface area contributed by atoms with Gasteiger partial charge in [0.2, 0.25) is 5.91 Å². The standard InChI is InChI=1S/C26H32N6O2S/c1-18-19(2)32(15-20-6-5-13-34-20)26(21(18)14-27)29-24(33)16-30-9-11-31(12-10-30)17-25-28-22-7-3-4-8-23(22)35-25/h3-4,7-8,20H,5-6,9-13,15-17H2,1-2H3,(H,29,33)/t20-/m1/s1. The molecule has 1 atom stereocenters. The molecule has 1 amide bonds. The second-order valence-corrected chi connectivity index (χ2v) is 10.6. The summed E-state index contributed by atoms with van der Waals surface area (Å²) in [4.78, 5) is 22.3. The molecule has 4 heterocycles. The maximum atomic E-state index is 13.0. The van der Waals surface area contributed by atoms with Crippen LogP contribution in [0.15, 0.2) is 24.3 Å². The van der Waals surface area contributed by atoms with Crippen molar-refractivity contribution >= 4 is 33.3 Å². The first kappa shape index (κ1) is 23.9. The highest BCUT2D eigenvalue weighted by atomic mass is 32.1. The zero-order chi connectivity index (χ0) is 24.4. The molecule has 2 saturated heterocycles. The largest absolute Gasteiger partial charge is 0.376 e. The molecule has 1 N–H and O–H groups in total. The minimum atomic E-state index is -0.0767. The Morgan fingerprint density at radius 2 is 2.00 bits per heavy atom. The number of para-hydroxylation sites is 1. The van der Waals surface area contributed by atoms with Gasteiger partial charge in [0.1, 0.15) is 16.9 Å². The minimum absolute atomic E-state index is 0.0767. The number of hydrogen-bond acceptors (Lipinski definition) is 7. The summed E-state index contributed by atoms with van der Waals surface area (Å²) >= 11 is 1.75. The lowest BCUT2D eigenvalue weighted by atomic mass is 10.2. The summed E-state index contributed by atoms with van der Waals surface area (Å²) in [6, 6.07) is 10.5. The van der Waals surface area contributed by atoms with Crippen LogP contribution in [0.4, 0.5) is 5.82 Å². The summed E-state index contributed by atoms with van der Waals surface area (Å²) in [5, 5.41) is 14.0. The fourth-order valence-electron chi connectivity index (χ4n) is 5.01. The van der Waals surface area contributed by atoms with E-state index in [1.54, 1.807) is 11.3 Å². The van der Waals surface area contributed by atoms with Crippen molar-refractivity contribution in [1.82, 2.24) is 19.4 Å². The lowest BCUT2D eigenvalue weighted by Crippen LogP contribution is -2.48. The van der Waals surface area contributed by atoms with Gasteiger partial charge in [-0.25, -0.2) is 4.98 Å². The summed E-state index contributed by atoms with van der Waals surface area (Å²) in [6.07, 6.45) is 2.20. The summed E-state index contributed by atoms with van der Waals surface area (Å²) < 4.78 is 9.09. The predicted molar refractivity (Wildman–Crippen MR) is 138 cm³/mol. The molecule has 0 radical (unpaired) electrons. The summed E-state index contributed by atoms with van der Waals surface area (Å²) in [5.41, 5.74) is 3.55. The smallest absolute Gasteiger partial charge is 0.239 e. The Kier molecular flexibility index (Phi) is 7.16. The van der Waals surface area contributed by atoms with Crippen LogP contribution in [0.25, 0.3) is 10.2 Å². The second kappa shape index (κ2) is 10.5. The average molecular weight is 493 g/mol. The number of anilines is 1. The van der Waals surface area contributed by atoms with E-state index in [-0.39, 0.29) is 12.0 Å². The quantitative estimate of drug-likeness (QED) is 0.543. The number of hydrogen-bond donors (Lipinski definition) is 1. The van der Waals surface area contributed by atoms with Crippen LogP contribution in [0.3, 0.4) is 0 Å². The van der Waals surface area contributed by atoms with E-state index >= 15 is 0 Å². The van der Waals surface area contributed by atoms with E-state index in [2.05, 4.69) is 44.0 Å². The van der Waals surface area contributed by atoms with Crippen molar-refractivity contribution in [3.63, 3.8) is 0 Å². The van der Waals surface area contributed by atoms with E-state index in [1.807, 2.05) is 19.9 Å². The van der Waals surface area contributed by atoms with Crippen LogP contribution in [0.5, 0.6) is 0 Å². The number of amides is 1. The van der Waals surface area contributed by atoms with Crippen LogP contribution in [-0.4, -0.2) is 70.7 Å². The molecular weight excluding hydrogens is 460 g/mol. The van der Waals surface area contributed by atoms with E-state index in [0.717, 1.165) is 74.0 Å². The number of fused-ring (bicyclic) bond motifs is 1. The van der Waals surface area contributed by atoms with Crippen LogP contribution in [0.2, 0.25) is 0 Å². The lowest BCUT2D eigenvalue weighted by Gasteiger charge is -2.33. The van der Waals surface area contributed by atoms with Crippen LogP contribution in [0.1, 0.15) is 34.7 Å². The number of nitrogens with one attached hydrogen (secondary N) is 1. The Morgan fingerprint density at radius 3 is 2.71 bits per heavy atom. The van der Waals surface area contributed by atoms with Crippen LogP contribution < -0.4 is 5.32 Å². The summed E-state index contributed by atoms with van der Waals surface area (Å²) in [7, 11) is 0. The molecular formula is C26H32N6O2S. The molecule has 2 aliphatic rings. The van der Waals surface area contributed by atoms with Crippen molar-refractivity contribution in [2.45, 2.75) is 45.9 Å². The molecule has 0 unspecified atom stereocenters. The van der Waals surface area contributed by atoms with E-state index in [9.17, 15) is 10.1 Å². The first-order valence-electron chi connectivity index (χ1n) is 12.3. The Bertz CT molecular complexity index is 1210. The molecule has 35 heavy (non-hydrogen) atoms. The summed E-state index contributed by atoms with van der Waals surface area (Å²) in [5.74, 6) is 0.532. The molecule has 184 valence electrons. The molecule has 2 aromatic heterocycles. The number of thiazole rings is 1. The Morgan fingerprint density at radius 1 is 1.23 bits per heavy atom. The molecule has 0 spiro atoms. The molecule has 0 aliphatic carbocycles. The predicted octanol–water partition coefficient (Wildman–Crippen LogP) is 3.52. The number of ether oxygens (including phenoxy) is 1. The molecule has 5 rings (SSSR count). The monoisotopic (exact) mass is 492 g/mol. The Labute approximate surface area is 210 Å². The van der Waals surface area contributed by atoms with Crippen molar-refractivity contribution in [3.05, 3.63) is 46.1 Å². The maximum Gasteiger partial charge on any atom is 0.239 e. The molecule has 8 nitrogen and oxygen atoms in total. The minimum Gasteiger partial charge on any atom is -0.376 e. The zero-order valence-electron chi connectivity index (χ0n) is 20.4. The molecule has 2 aliphatic heterocycles. The fourth-order valence-corrected chi connectivity index (χ4v) is 6.02. The highest BCUT2D eigenvalue weighted by molar-refractivity contribution is 7.18. The van der Waals surface area contributed by atoms with Gasteiger partial charge in [0.25, 0.3) is 0 Å². The number of carbonyl (C=O) groups excluding carboxylic acids is 1. The number of aromatic nitrogens is 2. The van der Waals surface area contributed by atoms with E-state index in [0.29, 0.717) is 24.5 Å². The first-order valence-corrected chi connectivity index (χ1v) is 13.1. The van der Waals surface area contributed by atoms with Gasteiger partial charge in [0, 0.05) is 38.5 Å². The molecule has 1 aromatic carbocycles. The topological polar surface area (TPSA) is 86.4 Å². The molecule has 9 heteroatoms. The van der Waals surface area contributed by atoms with Gasteiger partial charge in [0.05, 0.1) is 41.5 Å². The molecule has 0 saturated carbocycles. The van der Waals surface area contributed by atoms with Gasteiger partial charge in [0.15, 0.2) is 0 Å². The Balaban J connectivity index is 1.17. The zero-order valence-corrected chi connectivity index (χ0v) is 21.2. The van der Waals surface area contributed by atoms with Gasteiger partial charge in [-0.15, -0.1) is 11.3 Å². The van der Waals surface area contributed by atoms with Crippen LogP contribution in [-0.2, 0) is 22.6 Å². The third kappa shape index (κ3) is 5.26. The summed E-state index contributed by atoms with van der Waals surface area (Å²) in [6.45, 7) is 10.0. The Hall–Kier alpha value is -2.77. The maximum absolute atomic E-state index is 13.0. The molecule has 0 bridgehead atoms. The number of nitriles is 1. The van der Waals surface area contributed by atoms with Gasteiger partial charge in [-0.05, 0) is 44.4 Å². The third-order valence-electron chi connectivity index (χ3n) is 7.14. The van der Waals surface area contributed by atoms with E-state index < -0.39 is 0 Å². The van der Waals surface area contributed by atoms with Gasteiger partial charge < -0.3 is 14.6 Å². The van der Waals surface area contributed by atoms with Crippen LogP contribution >= 0.6 is 11.3 Å². The van der Waals surface area contributed by atoms with Gasteiger partial charge in [-0.3, -0.25) is 14.6 Å². The highest BCUT2D eigenvalue weighted by Crippen LogP contribution is 2.28. The van der Waals surface area contributed by atoms with Crippen molar-refractivity contribution < 1.29 is 9.53 Å². The van der Waals surface area contributed by atoms with Crippen molar-refractivity contribution in [1.29, 1.82) is 5.26 Å². The number of nitrogens with zero attached hydrogens (tertiary/aromatic N) is 5. The fraction of sp³-hybridized carbons (Fsp3) is 0.500. The van der Waals surface area contributed by atoms with Gasteiger partial charge >= 0.3 is 0 Å².